The molecule has 1 fully saturated rings. The zero-order valence-corrected chi connectivity index (χ0v) is 13.1. The Bertz CT molecular complexity index is 653. The van der Waals surface area contributed by atoms with Crippen LogP contribution in [0.15, 0.2) is 54.6 Å². The molecule has 0 unspecified atom stereocenters. The Hall–Kier alpha value is -2.20. The van der Waals surface area contributed by atoms with Crippen LogP contribution in [0.25, 0.3) is 0 Å². The van der Waals surface area contributed by atoms with E-state index >= 15 is 0 Å². The Kier molecular flexibility index (Phi) is 4.72. The molecule has 2 aromatic carbocycles. The molecule has 2 atom stereocenters. The van der Waals surface area contributed by atoms with E-state index in [0.29, 0.717) is 6.04 Å². The summed E-state index contributed by atoms with van der Waals surface area (Å²) < 4.78 is 13.2. The number of carbonyl (C=O) groups excluding carboxylic acids is 1. The zero-order valence-electron chi connectivity index (χ0n) is 13.1. The van der Waals surface area contributed by atoms with Gasteiger partial charge in [0.15, 0.2) is 0 Å². The Labute approximate surface area is 135 Å². The second kappa shape index (κ2) is 6.92. The maximum atomic E-state index is 13.2. The molecule has 0 saturated heterocycles. The van der Waals surface area contributed by atoms with Gasteiger partial charge in [-0.2, -0.15) is 0 Å². The Morgan fingerprint density at radius 2 is 1.70 bits per heavy atom. The predicted octanol–water partition coefficient (Wildman–Crippen LogP) is 3.50. The first-order valence-corrected chi connectivity index (χ1v) is 8.00. The van der Waals surface area contributed by atoms with Gasteiger partial charge in [-0.25, -0.2) is 4.39 Å². The zero-order chi connectivity index (χ0) is 16.2. The van der Waals surface area contributed by atoms with Crippen molar-refractivity contribution in [3.8, 4) is 0 Å². The number of hydrogen-bond donors (Lipinski definition) is 2. The maximum Gasteiger partial charge on any atom is 0.241 e. The molecular weight excluding hydrogens is 291 g/mol. The lowest BCUT2D eigenvalue weighted by Crippen LogP contribution is -2.39. The van der Waals surface area contributed by atoms with Crippen LogP contribution in [-0.4, -0.2) is 11.9 Å². The van der Waals surface area contributed by atoms with Crippen molar-refractivity contribution in [1.29, 1.82) is 0 Å². The Balaban J connectivity index is 1.79. The van der Waals surface area contributed by atoms with Gasteiger partial charge in [-0.15, -0.1) is 0 Å². The van der Waals surface area contributed by atoms with E-state index in [-0.39, 0.29) is 17.8 Å². The lowest BCUT2D eigenvalue weighted by atomic mass is 10.0. The molecule has 2 aromatic rings. The van der Waals surface area contributed by atoms with E-state index in [1.807, 2.05) is 37.3 Å². The highest BCUT2D eigenvalue weighted by molar-refractivity contribution is 5.83. The highest BCUT2D eigenvalue weighted by Crippen LogP contribution is 2.24. The molecule has 23 heavy (non-hydrogen) atoms. The van der Waals surface area contributed by atoms with E-state index in [2.05, 4.69) is 10.6 Å². The summed E-state index contributed by atoms with van der Waals surface area (Å²) in [5.41, 5.74) is 1.88. The minimum Gasteiger partial charge on any atom is -0.352 e. The highest BCUT2D eigenvalue weighted by Gasteiger charge is 2.29. The number of hydrogen-bond acceptors (Lipinski definition) is 2. The molecule has 1 amide bonds. The fraction of sp³-hybridized carbons (Fsp3) is 0.316. The average molecular weight is 312 g/mol. The summed E-state index contributed by atoms with van der Waals surface area (Å²) in [6.07, 6.45) is 2.08. The fourth-order valence-corrected chi connectivity index (χ4v) is 2.58. The van der Waals surface area contributed by atoms with E-state index in [1.54, 1.807) is 12.1 Å². The normalized spacial score (nSPS) is 16.6. The third-order valence-electron chi connectivity index (χ3n) is 4.11. The largest absolute Gasteiger partial charge is 0.352 e. The van der Waals surface area contributed by atoms with Crippen LogP contribution in [0.3, 0.4) is 0 Å². The van der Waals surface area contributed by atoms with Crippen molar-refractivity contribution in [3.63, 3.8) is 0 Å². The van der Waals surface area contributed by atoms with Crippen LogP contribution >= 0.6 is 0 Å². The van der Waals surface area contributed by atoms with Crippen molar-refractivity contribution < 1.29 is 9.18 Å². The topological polar surface area (TPSA) is 41.1 Å². The van der Waals surface area contributed by atoms with Crippen LogP contribution in [0.5, 0.6) is 0 Å². The monoisotopic (exact) mass is 312 g/mol. The van der Waals surface area contributed by atoms with Gasteiger partial charge in [-0.3, -0.25) is 10.1 Å². The second-order valence-corrected chi connectivity index (χ2v) is 6.07. The summed E-state index contributed by atoms with van der Waals surface area (Å²) in [6, 6.07) is 15.9. The van der Waals surface area contributed by atoms with Crippen molar-refractivity contribution >= 4 is 5.91 Å². The van der Waals surface area contributed by atoms with Gasteiger partial charge in [0, 0.05) is 12.1 Å². The van der Waals surface area contributed by atoms with Gasteiger partial charge in [0.1, 0.15) is 11.9 Å². The van der Waals surface area contributed by atoms with Crippen LogP contribution < -0.4 is 10.6 Å². The maximum absolute atomic E-state index is 13.2. The van der Waals surface area contributed by atoms with Crippen molar-refractivity contribution in [2.24, 2.45) is 0 Å². The number of rotatable bonds is 6. The van der Waals surface area contributed by atoms with Crippen LogP contribution in [0.1, 0.15) is 43.0 Å². The van der Waals surface area contributed by atoms with Crippen LogP contribution in [0.4, 0.5) is 4.39 Å². The van der Waals surface area contributed by atoms with E-state index in [9.17, 15) is 9.18 Å². The van der Waals surface area contributed by atoms with Gasteiger partial charge in [0.05, 0.1) is 0 Å². The number of nitrogens with one attached hydrogen (secondary N) is 2. The van der Waals surface area contributed by atoms with Crippen LogP contribution in [0, 0.1) is 5.82 Å². The molecule has 3 nitrogen and oxygen atoms in total. The van der Waals surface area contributed by atoms with Crippen molar-refractivity contribution in [3.05, 3.63) is 71.5 Å². The molecule has 1 aliphatic rings. The number of carbonyl (C=O) groups is 1. The first-order chi connectivity index (χ1) is 11.1. The fourth-order valence-electron chi connectivity index (χ4n) is 2.58. The predicted molar refractivity (Wildman–Crippen MR) is 88.3 cm³/mol. The molecule has 0 radical (unpaired) electrons. The minimum atomic E-state index is -0.494. The summed E-state index contributed by atoms with van der Waals surface area (Å²) in [6.45, 7) is 2.02. The molecule has 0 bridgehead atoms. The Morgan fingerprint density at radius 3 is 2.30 bits per heavy atom. The molecule has 1 saturated carbocycles. The molecular formula is C19H21FN2O. The first kappa shape index (κ1) is 15.7. The van der Waals surface area contributed by atoms with Gasteiger partial charge in [0.25, 0.3) is 0 Å². The molecule has 4 heteroatoms. The van der Waals surface area contributed by atoms with E-state index in [1.165, 1.54) is 12.1 Å². The SMILES string of the molecule is C[C@@H](N[C@H](C(=O)NC1CC1)c1ccc(F)cc1)c1ccccc1. The summed E-state index contributed by atoms with van der Waals surface area (Å²) in [5.74, 6) is -0.354. The van der Waals surface area contributed by atoms with E-state index in [0.717, 1.165) is 24.0 Å². The lowest BCUT2D eigenvalue weighted by Gasteiger charge is -2.23. The molecule has 120 valence electrons. The van der Waals surface area contributed by atoms with Crippen LogP contribution in [0.2, 0.25) is 0 Å². The van der Waals surface area contributed by atoms with Crippen molar-refractivity contribution in [1.82, 2.24) is 10.6 Å². The van der Waals surface area contributed by atoms with Crippen LogP contribution in [-0.2, 0) is 4.79 Å². The second-order valence-electron chi connectivity index (χ2n) is 6.07. The minimum absolute atomic E-state index is 0.0104. The summed E-state index contributed by atoms with van der Waals surface area (Å²) >= 11 is 0. The van der Waals surface area contributed by atoms with Crippen molar-refractivity contribution in [2.45, 2.75) is 37.9 Å². The van der Waals surface area contributed by atoms with Gasteiger partial charge >= 0.3 is 0 Å². The standard InChI is InChI=1S/C19H21FN2O/c1-13(14-5-3-2-4-6-14)21-18(19(23)22-17-11-12-17)15-7-9-16(20)10-8-15/h2-10,13,17-18,21H,11-12H2,1H3,(H,22,23)/t13-,18+/m1/s1. The first-order valence-electron chi connectivity index (χ1n) is 8.00. The Morgan fingerprint density at radius 1 is 1.04 bits per heavy atom. The van der Waals surface area contributed by atoms with E-state index < -0.39 is 6.04 Å². The number of benzene rings is 2. The molecule has 2 N–H and O–H groups in total. The highest BCUT2D eigenvalue weighted by atomic mass is 19.1. The quantitative estimate of drug-likeness (QED) is 0.857. The summed E-state index contributed by atoms with van der Waals surface area (Å²) in [5, 5.41) is 6.40. The lowest BCUT2D eigenvalue weighted by molar-refractivity contribution is -0.123. The summed E-state index contributed by atoms with van der Waals surface area (Å²) in [7, 11) is 0. The molecule has 0 heterocycles. The number of amides is 1. The van der Waals surface area contributed by atoms with Gasteiger partial charge in [0.2, 0.25) is 5.91 Å². The smallest absolute Gasteiger partial charge is 0.241 e. The number of halogens is 1. The average Bonchev–Trinajstić information content (AvgIpc) is 3.38. The van der Waals surface area contributed by atoms with Gasteiger partial charge < -0.3 is 5.32 Å². The van der Waals surface area contributed by atoms with Gasteiger partial charge in [-0.1, -0.05) is 42.5 Å². The third kappa shape index (κ3) is 4.17. The van der Waals surface area contributed by atoms with E-state index in [4.69, 9.17) is 0 Å². The van der Waals surface area contributed by atoms with Gasteiger partial charge in [-0.05, 0) is 43.0 Å². The molecule has 0 aromatic heterocycles. The van der Waals surface area contributed by atoms with Crippen molar-refractivity contribution in [2.75, 3.05) is 0 Å². The molecule has 3 rings (SSSR count). The summed E-state index contributed by atoms with van der Waals surface area (Å²) in [4.78, 5) is 12.6. The molecule has 0 spiro atoms. The molecule has 1 aliphatic carbocycles. The molecule has 0 aliphatic heterocycles. The third-order valence-corrected chi connectivity index (χ3v) is 4.11.